The van der Waals surface area contributed by atoms with Crippen molar-refractivity contribution in [1.29, 1.82) is 0 Å². The maximum atomic E-state index is 9.94. The fourth-order valence-corrected chi connectivity index (χ4v) is 1.11. The number of nitrogens with two attached hydrogens (primary N) is 2. The molecule has 1 unspecified atom stereocenters. The van der Waals surface area contributed by atoms with Gasteiger partial charge < -0.3 is 26.0 Å². The molecule has 0 aliphatic rings. The molecule has 0 amide bonds. The smallest absolute Gasteiger partial charge is 0.368 e. The van der Waals surface area contributed by atoms with Crippen molar-refractivity contribution in [2.45, 2.75) is 25.9 Å². The van der Waals surface area contributed by atoms with Gasteiger partial charge in [-0.25, -0.2) is 0 Å². The number of hydrogen-bond acceptors (Lipinski definition) is 9. The number of nitrogen functional groups attached to an aromatic ring is 2. The molecule has 1 rings (SSSR count). The molecule has 9 heteroatoms. The van der Waals surface area contributed by atoms with Gasteiger partial charge in [0.05, 0.1) is 6.61 Å². The number of hydrogen-bond donors (Lipinski definition) is 4. The van der Waals surface area contributed by atoms with Crippen LogP contribution in [0.15, 0.2) is 0 Å². The molecular formula is C9H18N6O3. The lowest BCUT2D eigenvalue weighted by atomic mass is 10.4. The van der Waals surface area contributed by atoms with Crippen molar-refractivity contribution in [1.82, 2.24) is 15.0 Å². The molecule has 0 aliphatic carbocycles. The summed E-state index contributed by atoms with van der Waals surface area (Å²) >= 11 is 0. The number of rotatable bonds is 7. The second-order valence-electron chi connectivity index (χ2n) is 3.49. The van der Waals surface area contributed by atoms with Gasteiger partial charge in [-0.05, 0) is 6.42 Å². The molecule has 102 valence electrons. The van der Waals surface area contributed by atoms with E-state index in [-0.39, 0.29) is 17.8 Å². The van der Waals surface area contributed by atoms with E-state index < -0.39 is 6.10 Å². The molecule has 0 saturated carbocycles. The molecule has 6 N–H and O–H groups in total. The van der Waals surface area contributed by atoms with Crippen LogP contribution in [0, 0.1) is 0 Å². The van der Waals surface area contributed by atoms with Crippen LogP contribution in [-0.2, 0) is 9.47 Å². The first kappa shape index (κ1) is 14.4. The topological polar surface area (TPSA) is 141 Å². The van der Waals surface area contributed by atoms with Gasteiger partial charge in [-0.1, -0.05) is 13.3 Å². The minimum Gasteiger partial charge on any atom is -0.368 e. The zero-order valence-electron chi connectivity index (χ0n) is 10.4. The van der Waals surface area contributed by atoms with E-state index in [0.717, 1.165) is 12.8 Å². The zero-order valence-corrected chi connectivity index (χ0v) is 10.4. The fourth-order valence-electron chi connectivity index (χ4n) is 1.11. The number of ether oxygens (including phenoxy) is 2. The van der Waals surface area contributed by atoms with Gasteiger partial charge in [-0.2, -0.15) is 15.0 Å². The monoisotopic (exact) mass is 258 g/mol. The van der Waals surface area contributed by atoms with Crippen LogP contribution in [0.1, 0.15) is 19.8 Å². The Labute approximate surface area is 105 Å². The summed E-state index contributed by atoms with van der Waals surface area (Å²) in [7, 11) is 1.27. The molecule has 0 bridgehead atoms. The van der Waals surface area contributed by atoms with Crippen molar-refractivity contribution in [2.75, 3.05) is 30.5 Å². The summed E-state index contributed by atoms with van der Waals surface area (Å²) in [6.45, 7) is 2.31. The summed E-state index contributed by atoms with van der Waals surface area (Å²) in [4.78, 5) is 11.1. The average molecular weight is 258 g/mol. The van der Waals surface area contributed by atoms with Gasteiger partial charge in [-0.3, -0.25) is 5.32 Å². The largest absolute Gasteiger partial charge is 0.374 e. The van der Waals surface area contributed by atoms with Crippen LogP contribution in [-0.4, -0.2) is 39.9 Å². The Balaban J connectivity index is 2.71. The van der Waals surface area contributed by atoms with Crippen LogP contribution in [0.4, 0.5) is 17.8 Å². The molecule has 0 saturated heterocycles. The molecule has 1 aromatic heterocycles. The maximum Gasteiger partial charge on any atom is 0.374 e. The van der Waals surface area contributed by atoms with Gasteiger partial charge in [0.2, 0.25) is 17.8 Å². The van der Waals surface area contributed by atoms with Crippen LogP contribution in [0.25, 0.3) is 0 Å². The lowest BCUT2D eigenvalue weighted by molar-refractivity contribution is -0.331. The quantitative estimate of drug-likeness (QED) is 0.376. The van der Waals surface area contributed by atoms with Crippen molar-refractivity contribution < 1.29 is 14.6 Å². The Kier molecular flexibility index (Phi) is 5.01. The molecule has 0 aliphatic heterocycles. The molecule has 9 nitrogen and oxygen atoms in total. The fraction of sp³-hybridized carbons (Fsp3) is 0.667. The van der Waals surface area contributed by atoms with Gasteiger partial charge in [0, 0.05) is 7.11 Å². The molecular weight excluding hydrogens is 240 g/mol. The summed E-state index contributed by atoms with van der Waals surface area (Å²) in [6, 6.07) is 0. The van der Waals surface area contributed by atoms with Crippen LogP contribution in [0.5, 0.6) is 0 Å². The minimum atomic E-state index is -2.03. The highest BCUT2D eigenvalue weighted by atomic mass is 16.8. The van der Waals surface area contributed by atoms with E-state index in [2.05, 4.69) is 20.3 Å². The first-order valence-electron chi connectivity index (χ1n) is 5.45. The SMILES string of the molecule is CCCCOC(O)(Nc1nc(N)nc(N)n1)OC. The lowest BCUT2D eigenvalue weighted by Crippen LogP contribution is -2.44. The Morgan fingerprint density at radius 2 is 1.89 bits per heavy atom. The van der Waals surface area contributed by atoms with E-state index in [1.807, 2.05) is 6.92 Å². The number of aliphatic hydroxyl groups is 1. The number of aromatic nitrogens is 3. The first-order valence-corrected chi connectivity index (χ1v) is 5.45. The molecule has 0 radical (unpaired) electrons. The van der Waals surface area contributed by atoms with E-state index in [1.54, 1.807) is 0 Å². The van der Waals surface area contributed by atoms with E-state index in [1.165, 1.54) is 7.11 Å². The van der Waals surface area contributed by atoms with Crippen molar-refractivity contribution >= 4 is 17.8 Å². The predicted molar refractivity (Wildman–Crippen MR) is 65.1 cm³/mol. The first-order chi connectivity index (χ1) is 8.49. The summed E-state index contributed by atoms with van der Waals surface area (Å²) < 4.78 is 9.95. The third-order valence-corrected chi connectivity index (χ3v) is 2.01. The van der Waals surface area contributed by atoms with E-state index in [0.29, 0.717) is 6.61 Å². The highest BCUT2D eigenvalue weighted by Crippen LogP contribution is 2.13. The van der Waals surface area contributed by atoms with E-state index >= 15 is 0 Å². The van der Waals surface area contributed by atoms with Crippen molar-refractivity contribution in [3.05, 3.63) is 0 Å². The predicted octanol–water partition coefficient (Wildman–Crippen LogP) is -0.485. The molecule has 18 heavy (non-hydrogen) atoms. The van der Waals surface area contributed by atoms with Crippen LogP contribution >= 0.6 is 0 Å². The standard InChI is InChI=1S/C9H18N6O3/c1-3-4-5-18-9(16,17-2)15-8-13-6(10)12-7(11)14-8/h16H,3-5H2,1-2H3,(H5,10,11,12,13,14,15). The number of nitrogens with one attached hydrogen (secondary N) is 1. The Hall–Kier alpha value is -1.71. The zero-order chi connectivity index (χ0) is 13.6. The van der Waals surface area contributed by atoms with Gasteiger partial charge in [-0.15, -0.1) is 0 Å². The van der Waals surface area contributed by atoms with Gasteiger partial charge in [0.1, 0.15) is 0 Å². The lowest BCUT2D eigenvalue weighted by Gasteiger charge is -2.26. The van der Waals surface area contributed by atoms with E-state index in [9.17, 15) is 5.11 Å². The second kappa shape index (κ2) is 6.28. The molecule has 1 aromatic rings. The van der Waals surface area contributed by atoms with Crippen LogP contribution in [0.3, 0.4) is 0 Å². The Bertz CT molecular complexity index is 370. The number of methoxy groups -OCH3 is 1. The van der Waals surface area contributed by atoms with Gasteiger partial charge in [0.25, 0.3) is 0 Å². The van der Waals surface area contributed by atoms with Crippen molar-refractivity contribution in [3.63, 3.8) is 0 Å². The third-order valence-electron chi connectivity index (χ3n) is 2.01. The summed E-state index contributed by atoms with van der Waals surface area (Å²) in [5.41, 5.74) is 10.8. The van der Waals surface area contributed by atoms with E-state index in [4.69, 9.17) is 20.9 Å². The number of anilines is 3. The summed E-state index contributed by atoms with van der Waals surface area (Å²) in [6.07, 6.45) is -0.338. The summed E-state index contributed by atoms with van der Waals surface area (Å²) in [5, 5.41) is 12.4. The molecule has 0 fully saturated rings. The number of nitrogens with zero attached hydrogens (tertiary/aromatic N) is 3. The Morgan fingerprint density at radius 3 is 2.39 bits per heavy atom. The highest BCUT2D eigenvalue weighted by Gasteiger charge is 2.29. The Morgan fingerprint density at radius 1 is 1.28 bits per heavy atom. The highest BCUT2D eigenvalue weighted by molar-refractivity contribution is 5.37. The van der Waals surface area contributed by atoms with Gasteiger partial charge in [0.15, 0.2) is 0 Å². The average Bonchev–Trinajstić information content (AvgIpc) is 2.28. The molecule has 0 spiro atoms. The third kappa shape index (κ3) is 4.28. The molecule has 0 aromatic carbocycles. The normalized spacial score (nSPS) is 14.2. The second-order valence-corrected chi connectivity index (χ2v) is 3.49. The van der Waals surface area contributed by atoms with Crippen molar-refractivity contribution in [3.8, 4) is 0 Å². The number of unbranched alkanes of at least 4 members (excludes halogenated alkanes) is 1. The molecule has 1 atom stereocenters. The van der Waals surface area contributed by atoms with Gasteiger partial charge >= 0.3 is 6.10 Å². The van der Waals surface area contributed by atoms with Crippen molar-refractivity contribution in [2.24, 2.45) is 0 Å². The molecule has 1 heterocycles. The summed E-state index contributed by atoms with van der Waals surface area (Å²) in [5.74, 6) is -0.185. The van der Waals surface area contributed by atoms with Crippen LogP contribution in [0.2, 0.25) is 0 Å². The van der Waals surface area contributed by atoms with Crippen LogP contribution < -0.4 is 16.8 Å². The minimum absolute atomic E-state index is 0.0409. The maximum absolute atomic E-state index is 9.94.